The van der Waals surface area contributed by atoms with Gasteiger partial charge >= 0.3 is 0 Å². The molecule has 0 amide bonds. The molecule has 104 valence electrons. The van der Waals surface area contributed by atoms with E-state index in [-0.39, 0.29) is 10.9 Å². The minimum absolute atomic E-state index is 0.0109. The third-order valence-electron chi connectivity index (χ3n) is 3.14. The van der Waals surface area contributed by atoms with Gasteiger partial charge in [0.05, 0.1) is 5.56 Å². The molecule has 0 spiro atoms. The summed E-state index contributed by atoms with van der Waals surface area (Å²) in [7, 11) is 0. The fourth-order valence-corrected chi connectivity index (χ4v) is 2.46. The van der Waals surface area contributed by atoms with Gasteiger partial charge in [-0.25, -0.2) is 8.78 Å². The van der Waals surface area contributed by atoms with Gasteiger partial charge in [-0.05, 0) is 37.1 Å². The van der Waals surface area contributed by atoms with Crippen LogP contribution in [-0.2, 0) is 6.42 Å². The zero-order valence-electron chi connectivity index (χ0n) is 11.1. The van der Waals surface area contributed by atoms with E-state index in [4.69, 9.17) is 0 Å². The molecule has 0 N–H and O–H groups in total. The van der Waals surface area contributed by atoms with E-state index >= 15 is 0 Å². The van der Waals surface area contributed by atoms with E-state index in [1.54, 1.807) is 0 Å². The average Bonchev–Trinajstić information content (AvgIpc) is 2.32. The Labute approximate surface area is 124 Å². The van der Waals surface area contributed by atoms with Gasteiger partial charge in [0.15, 0.2) is 5.78 Å². The zero-order chi connectivity index (χ0) is 14.9. The fourth-order valence-electron chi connectivity index (χ4n) is 2.06. The largest absolute Gasteiger partial charge is 0.294 e. The standard InChI is InChI=1S/C16H13BrF2O/c1-9-3-4-10(2)11(5-9)6-15(20)16-13(18)7-12(17)8-14(16)19/h3-5,7-8H,6H2,1-2H3. The molecule has 2 aromatic carbocycles. The number of carbonyl (C=O) groups excluding carboxylic acids is 1. The number of rotatable bonds is 3. The summed E-state index contributed by atoms with van der Waals surface area (Å²) < 4.78 is 27.8. The quantitative estimate of drug-likeness (QED) is 0.736. The maximum atomic E-state index is 13.8. The third-order valence-corrected chi connectivity index (χ3v) is 3.60. The van der Waals surface area contributed by atoms with Crippen LogP contribution in [0.5, 0.6) is 0 Å². The lowest BCUT2D eigenvalue weighted by Gasteiger charge is -2.08. The van der Waals surface area contributed by atoms with Crippen LogP contribution in [0.2, 0.25) is 0 Å². The van der Waals surface area contributed by atoms with Crippen LogP contribution in [0, 0.1) is 25.5 Å². The van der Waals surface area contributed by atoms with Gasteiger partial charge in [-0.2, -0.15) is 0 Å². The Kier molecular flexibility index (Phi) is 4.33. The second-order valence-corrected chi connectivity index (χ2v) is 5.69. The van der Waals surface area contributed by atoms with Crippen LogP contribution in [0.25, 0.3) is 0 Å². The maximum Gasteiger partial charge on any atom is 0.173 e. The van der Waals surface area contributed by atoms with Crippen molar-refractivity contribution in [3.8, 4) is 0 Å². The molecule has 0 fully saturated rings. The second kappa shape index (κ2) is 5.83. The van der Waals surface area contributed by atoms with Gasteiger partial charge in [-0.15, -0.1) is 0 Å². The average molecular weight is 339 g/mol. The maximum absolute atomic E-state index is 13.8. The number of halogens is 3. The Morgan fingerprint density at radius 3 is 2.30 bits per heavy atom. The van der Waals surface area contributed by atoms with Crippen molar-refractivity contribution in [1.29, 1.82) is 0 Å². The van der Waals surface area contributed by atoms with Crippen LogP contribution in [-0.4, -0.2) is 5.78 Å². The fraction of sp³-hybridized carbons (Fsp3) is 0.188. The van der Waals surface area contributed by atoms with Gasteiger partial charge in [0.1, 0.15) is 11.6 Å². The highest BCUT2D eigenvalue weighted by atomic mass is 79.9. The first-order valence-corrected chi connectivity index (χ1v) is 6.91. The summed E-state index contributed by atoms with van der Waals surface area (Å²) >= 11 is 2.99. The van der Waals surface area contributed by atoms with Crippen LogP contribution in [0.1, 0.15) is 27.0 Å². The molecule has 0 atom stereocenters. The summed E-state index contributed by atoms with van der Waals surface area (Å²) in [6.07, 6.45) is -0.0109. The SMILES string of the molecule is Cc1ccc(C)c(CC(=O)c2c(F)cc(Br)cc2F)c1. The summed E-state index contributed by atoms with van der Waals surface area (Å²) in [5.74, 6) is -2.24. The topological polar surface area (TPSA) is 17.1 Å². The van der Waals surface area contributed by atoms with Crippen molar-refractivity contribution < 1.29 is 13.6 Å². The lowest BCUT2D eigenvalue weighted by Crippen LogP contribution is -2.10. The highest BCUT2D eigenvalue weighted by Gasteiger charge is 2.19. The molecule has 2 rings (SSSR count). The monoisotopic (exact) mass is 338 g/mol. The molecule has 4 heteroatoms. The molecule has 0 aliphatic heterocycles. The van der Waals surface area contributed by atoms with Gasteiger partial charge in [0, 0.05) is 10.9 Å². The predicted octanol–water partition coefficient (Wildman–Crippen LogP) is 4.77. The van der Waals surface area contributed by atoms with Crippen molar-refractivity contribution in [2.24, 2.45) is 0 Å². The third kappa shape index (κ3) is 3.12. The van der Waals surface area contributed by atoms with E-state index in [0.29, 0.717) is 0 Å². The first-order valence-electron chi connectivity index (χ1n) is 6.12. The number of hydrogen-bond acceptors (Lipinski definition) is 1. The number of Topliss-reactive ketones (excluding diaryl/α,β-unsaturated/α-hetero) is 1. The first kappa shape index (κ1) is 14.9. The van der Waals surface area contributed by atoms with Crippen molar-refractivity contribution in [1.82, 2.24) is 0 Å². The van der Waals surface area contributed by atoms with Crippen molar-refractivity contribution in [3.05, 3.63) is 68.7 Å². The van der Waals surface area contributed by atoms with Crippen LogP contribution < -0.4 is 0 Å². The van der Waals surface area contributed by atoms with E-state index in [1.165, 1.54) is 0 Å². The molecule has 0 saturated carbocycles. The second-order valence-electron chi connectivity index (χ2n) is 4.77. The molecule has 0 aliphatic rings. The van der Waals surface area contributed by atoms with Gasteiger partial charge in [0.25, 0.3) is 0 Å². The number of aryl methyl sites for hydroxylation is 2. The van der Waals surface area contributed by atoms with Crippen molar-refractivity contribution in [2.75, 3.05) is 0 Å². The molecule has 0 aromatic heterocycles. The Balaban J connectivity index is 2.36. The first-order chi connectivity index (χ1) is 9.38. The summed E-state index contributed by atoms with van der Waals surface area (Å²) in [5, 5.41) is 0. The van der Waals surface area contributed by atoms with Gasteiger partial charge in [0.2, 0.25) is 0 Å². The Morgan fingerprint density at radius 1 is 1.10 bits per heavy atom. The lowest BCUT2D eigenvalue weighted by molar-refractivity contribution is 0.0984. The van der Waals surface area contributed by atoms with E-state index in [1.807, 2.05) is 32.0 Å². The minimum atomic E-state index is -0.841. The number of hydrogen-bond donors (Lipinski definition) is 0. The number of carbonyl (C=O) groups is 1. The molecule has 0 saturated heterocycles. The molecule has 2 aromatic rings. The minimum Gasteiger partial charge on any atom is -0.294 e. The van der Waals surface area contributed by atoms with Crippen molar-refractivity contribution in [3.63, 3.8) is 0 Å². The normalized spacial score (nSPS) is 10.7. The molecule has 20 heavy (non-hydrogen) atoms. The smallest absolute Gasteiger partial charge is 0.173 e. The van der Waals surface area contributed by atoms with Crippen LogP contribution in [0.3, 0.4) is 0 Å². The summed E-state index contributed by atoms with van der Waals surface area (Å²) in [6.45, 7) is 3.78. The highest BCUT2D eigenvalue weighted by Crippen LogP contribution is 2.22. The van der Waals surface area contributed by atoms with Gasteiger partial charge in [-0.3, -0.25) is 4.79 Å². The van der Waals surface area contributed by atoms with Gasteiger partial charge in [-0.1, -0.05) is 39.7 Å². The number of ketones is 1. The Bertz CT molecular complexity index is 657. The molecule has 1 nitrogen and oxygen atoms in total. The Morgan fingerprint density at radius 2 is 1.70 bits per heavy atom. The van der Waals surface area contributed by atoms with Crippen LogP contribution in [0.4, 0.5) is 8.78 Å². The molecular formula is C16H13BrF2O. The molecule has 0 heterocycles. The Hall–Kier alpha value is -1.55. The van der Waals surface area contributed by atoms with E-state index < -0.39 is 23.0 Å². The summed E-state index contributed by atoms with van der Waals surface area (Å²) in [6, 6.07) is 7.89. The molecule has 0 unspecified atom stereocenters. The van der Waals surface area contributed by atoms with E-state index in [0.717, 1.165) is 28.8 Å². The van der Waals surface area contributed by atoms with Crippen molar-refractivity contribution in [2.45, 2.75) is 20.3 Å². The zero-order valence-corrected chi connectivity index (χ0v) is 12.7. The summed E-state index contributed by atoms with van der Waals surface area (Å²) in [5.41, 5.74) is 2.25. The lowest BCUT2D eigenvalue weighted by atomic mass is 9.97. The predicted molar refractivity (Wildman–Crippen MR) is 78.0 cm³/mol. The molecule has 0 bridgehead atoms. The molecule has 0 aliphatic carbocycles. The van der Waals surface area contributed by atoms with E-state index in [9.17, 15) is 13.6 Å². The highest BCUT2D eigenvalue weighted by molar-refractivity contribution is 9.10. The van der Waals surface area contributed by atoms with Crippen LogP contribution in [0.15, 0.2) is 34.8 Å². The van der Waals surface area contributed by atoms with Gasteiger partial charge < -0.3 is 0 Å². The number of benzene rings is 2. The molecular weight excluding hydrogens is 326 g/mol. The molecule has 0 radical (unpaired) electrons. The summed E-state index contributed by atoms with van der Waals surface area (Å²) in [4.78, 5) is 12.1. The van der Waals surface area contributed by atoms with E-state index in [2.05, 4.69) is 15.9 Å². The van der Waals surface area contributed by atoms with Crippen molar-refractivity contribution >= 4 is 21.7 Å². The van der Waals surface area contributed by atoms with Crippen LogP contribution >= 0.6 is 15.9 Å².